The van der Waals surface area contributed by atoms with Crippen LogP contribution in [0.4, 0.5) is 4.39 Å². The van der Waals surface area contributed by atoms with Gasteiger partial charge in [0.15, 0.2) is 0 Å². The van der Waals surface area contributed by atoms with E-state index in [0.29, 0.717) is 17.1 Å². The molecule has 3 rings (SSSR count). The van der Waals surface area contributed by atoms with Crippen LogP contribution in [0.15, 0.2) is 54.9 Å². The van der Waals surface area contributed by atoms with Gasteiger partial charge in [-0.25, -0.2) is 4.39 Å². The SMILES string of the molecule is Fc1cc(Cl)ccc1Cn1cc(-c2cccc(I)c2)cn1. The lowest BCUT2D eigenvalue weighted by Gasteiger charge is -2.04. The van der Waals surface area contributed by atoms with Crippen molar-refractivity contribution in [1.82, 2.24) is 9.78 Å². The summed E-state index contributed by atoms with van der Waals surface area (Å²) >= 11 is 8.03. The van der Waals surface area contributed by atoms with Crippen molar-refractivity contribution in [3.05, 3.63) is 74.8 Å². The van der Waals surface area contributed by atoms with Crippen LogP contribution in [0, 0.1) is 9.39 Å². The molecule has 0 saturated carbocycles. The maximum Gasteiger partial charge on any atom is 0.129 e. The zero-order valence-corrected chi connectivity index (χ0v) is 13.8. The summed E-state index contributed by atoms with van der Waals surface area (Å²) in [6.45, 7) is 0.382. The van der Waals surface area contributed by atoms with E-state index in [1.54, 1.807) is 23.0 Å². The third-order valence-corrected chi connectivity index (χ3v) is 4.04. The molecular weight excluding hydrogens is 402 g/mol. The molecule has 2 aromatic carbocycles. The maximum atomic E-state index is 13.8. The minimum atomic E-state index is -0.311. The first-order chi connectivity index (χ1) is 10.1. The summed E-state index contributed by atoms with van der Waals surface area (Å²) in [5.41, 5.74) is 2.68. The van der Waals surface area contributed by atoms with Gasteiger partial charge in [0.1, 0.15) is 5.82 Å². The molecule has 0 atom stereocenters. The van der Waals surface area contributed by atoms with Gasteiger partial charge in [0.25, 0.3) is 0 Å². The zero-order valence-electron chi connectivity index (χ0n) is 10.9. The molecule has 0 spiro atoms. The summed E-state index contributed by atoms with van der Waals surface area (Å²) in [5.74, 6) is -0.311. The Labute approximate surface area is 140 Å². The summed E-state index contributed by atoms with van der Waals surface area (Å²) in [5, 5.41) is 4.69. The van der Waals surface area contributed by atoms with Crippen LogP contribution < -0.4 is 0 Å². The van der Waals surface area contributed by atoms with E-state index >= 15 is 0 Å². The highest BCUT2D eigenvalue weighted by Gasteiger charge is 2.06. The van der Waals surface area contributed by atoms with Crippen molar-refractivity contribution in [2.45, 2.75) is 6.54 Å². The molecule has 0 unspecified atom stereocenters. The normalized spacial score (nSPS) is 10.8. The van der Waals surface area contributed by atoms with Crippen LogP contribution >= 0.6 is 34.2 Å². The average Bonchev–Trinajstić information content (AvgIpc) is 2.91. The Hall–Kier alpha value is -1.40. The van der Waals surface area contributed by atoms with Crippen molar-refractivity contribution >= 4 is 34.2 Å². The van der Waals surface area contributed by atoms with E-state index in [0.717, 1.165) is 11.1 Å². The molecule has 1 heterocycles. The first-order valence-electron chi connectivity index (χ1n) is 6.34. The molecule has 0 aliphatic carbocycles. The fourth-order valence-corrected chi connectivity index (χ4v) is 2.79. The lowest BCUT2D eigenvalue weighted by molar-refractivity contribution is 0.585. The van der Waals surface area contributed by atoms with Gasteiger partial charge in [-0.05, 0) is 52.4 Å². The average molecular weight is 413 g/mol. The summed E-state index contributed by atoms with van der Waals surface area (Å²) in [7, 11) is 0. The number of aromatic nitrogens is 2. The molecule has 0 radical (unpaired) electrons. The van der Waals surface area contributed by atoms with Gasteiger partial charge in [-0.2, -0.15) is 5.10 Å². The number of rotatable bonds is 3. The molecule has 0 bridgehead atoms. The van der Waals surface area contributed by atoms with Crippen molar-refractivity contribution in [2.24, 2.45) is 0 Å². The molecular formula is C16H11ClFIN2. The van der Waals surface area contributed by atoms with Crippen molar-refractivity contribution in [3.63, 3.8) is 0 Å². The van der Waals surface area contributed by atoms with Gasteiger partial charge in [0.05, 0.1) is 12.7 Å². The number of hydrogen-bond donors (Lipinski definition) is 0. The van der Waals surface area contributed by atoms with Crippen molar-refractivity contribution in [2.75, 3.05) is 0 Å². The third kappa shape index (κ3) is 3.44. The van der Waals surface area contributed by atoms with E-state index < -0.39 is 0 Å². The van der Waals surface area contributed by atoms with Gasteiger partial charge in [0.2, 0.25) is 0 Å². The van der Waals surface area contributed by atoms with E-state index in [9.17, 15) is 4.39 Å². The minimum absolute atomic E-state index is 0.311. The predicted molar refractivity (Wildman–Crippen MR) is 90.9 cm³/mol. The molecule has 3 aromatic rings. The van der Waals surface area contributed by atoms with E-state index in [1.165, 1.54) is 9.64 Å². The molecule has 21 heavy (non-hydrogen) atoms. The molecule has 5 heteroatoms. The molecule has 0 saturated heterocycles. The summed E-state index contributed by atoms with van der Waals surface area (Å²) in [6.07, 6.45) is 3.71. The number of hydrogen-bond acceptors (Lipinski definition) is 1. The number of nitrogens with zero attached hydrogens (tertiary/aromatic N) is 2. The van der Waals surface area contributed by atoms with E-state index in [1.807, 2.05) is 24.4 Å². The summed E-state index contributed by atoms with van der Waals surface area (Å²) in [6, 6.07) is 12.9. The minimum Gasteiger partial charge on any atom is -0.268 e. The largest absolute Gasteiger partial charge is 0.268 e. The molecule has 106 valence electrons. The quantitative estimate of drug-likeness (QED) is 0.554. The van der Waals surface area contributed by atoms with Crippen LogP contribution in [-0.4, -0.2) is 9.78 Å². The van der Waals surface area contributed by atoms with E-state index in [4.69, 9.17) is 11.6 Å². The molecule has 0 amide bonds. The van der Waals surface area contributed by atoms with Crippen LogP contribution in [-0.2, 0) is 6.54 Å². The Morgan fingerprint density at radius 2 is 2.00 bits per heavy atom. The van der Waals surface area contributed by atoms with Crippen molar-refractivity contribution in [1.29, 1.82) is 0 Å². The lowest BCUT2D eigenvalue weighted by Crippen LogP contribution is -2.02. The van der Waals surface area contributed by atoms with Gasteiger partial charge in [-0.1, -0.05) is 29.8 Å². The first-order valence-corrected chi connectivity index (χ1v) is 7.80. The Morgan fingerprint density at radius 3 is 2.76 bits per heavy atom. The van der Waals surface area contributed by atoms with Gasteiger partial charge in [-0.15, -0.1) is 0 Å². The van der Waals surface area contributed by atoms with Crippen LogP contribution in [0.3, 0.4) is 0 Å². The van der Waals surface area contributed by atoms with Gasteiger partial charge in [-0.3, -0.25) is 4.68 Å². The Balaban J connectivity index is 1.85. The molecule has 2 nitrogen and oxygen atoms in total. The lowest BCUT2D eigenvalue weighted by atomic mass is 10.1. The standard InChI is InChI=1S/C16H11ClFIN2/c17-14-5-4-12(16(18)7-14)9-21-10-13(8-20-21)11-2-1-3-15(19)6-11/h1-8,10H,9H2. The highest BCUT2D eigenvalue weighted by Crippen LogP contribution is 2.21. The van der Waals surface area contributed by atoms with Crippen molar-refractivity contribution < 1.29 is 4.39 Å². The highest BCUT2D eigenvalue weighted by molar-refractivity contribution is 14.1. The molecule has 0 aliphatic rings. The van der Waals surface area contributed by atoms with Gasteiger partial charge < -0.3 is 0 Å². The molecule has 0 fully saturated rings. The zero-order chi connectivity index (χ0) is 14.8. The van der Waals surface area contributed by atoms with Crippen LogP contribution in [0.5, 0.6) is 0 Å². The monoisotopic (exact) mass is 412 g/mol. The Morgan fingerprint density at radius 1 is 1.14 bits per heavy atom. The topological polar surface area (TPSA) is 17.8 Å². The third-order valence-electron chi connectivity index (χ3n) is 3.14. The number of benzene rings is 2. The fourth-order valence-electron chi connectivity index (χ4n) is 2.09. The molecule has 1 aromatic heterocycles. The second-order valence-corrected chi connectivity index (χ2v) is 6.35. The highest BCUT2D eigenvalue weighted by atomic mass is 127. The Bertz CT molecular complexity index is 785. The van der Waals surface area contributed by atoms with Crippen LogP contribution in [0.25, 0.3) is 11.1 Å². The van der Waals surface area contributed by atoms with E-state index in [-0.39, 0.29) is 5.82 Å². The smallest absolute Gasteiger partial charge is 0.129 e. The maximum absolute atomic E-state index is 13.8. The van der Waals surface area contributed by atoms with Crippen molar-refractivity contribution in [3.8, 4) is 11.1 Å². The van der Waals surface area contributed by atoms with Gasteiger partial charge >= 0.3 is 0 Å². The van der Waals surface area contributed by atoms with Crippen LogP contribution in [0.1, 0.15) is 5.56 Å². The second kappa shape index (κ2) is 6.15. The first kappa shape index (κ1) is 14.5. The van der Waals surface area contributed by atoms with E-state index in [2.05, 4.69) is 33.8 Å². The molecule has 0 aliphatic heterocycles. The second-order valence-electron chi connectivity index (χ2n) is 4.67. The summed E-state index contributed by atoms with van der Waals surface area (Å²) in [4.78, 5) is 0. The predicted octanol–water partition coefficient (Wildman–Crippen LogP) is 5.00. The summed E-state index contributed by atoms with van der Waals surface area (Å²) < 4.78 is 16.7. The van der Waals surface area contributed by atoms with Gasteiger partial charge in [0, 0.05) is 25.9 Å². The fraction of sp³-hybridized carbons (Fsp3) is 0.0625. The van der Waals surface area contributed by atoms with Crippen LogP contribution in [0.2, 0.25) is 5.02 Å². The number of halogens is 3. The molecule has 0 N–H and O–H groups in total. The Kier molecular flexibility index (Phi) is 4.26.